The van der Waals surface area contributed by atoms with E-state index in [1.54, 1.807) is 24.3 Å². The van der Waals surface area contributed by atoms with Gasteiger partial charge in [0.05, 0.1) is 5.56 Å². The van der Waals surface area contributed by atoms with E-state index in [2.05, 4.69) is 5.16 Å². The van der Waals surface area contributed by atoms with E-state index in [9.17, 15) is 4.39 Å². The molecular weight excluding hydrogens is 247 g/mol. The largest absolute Gasteiger partial charge is 0.469 e. The van der Waals surface area contributed by atoms with Gasteiger partial charge in [-0.2, -0.15) is 0 Å². The number of aromatic nitrogens is 1. The number of nitrogens with zero attached hydrogens (tertiary/aromatic N) is 1. The quantitative estimate of drug-likeness (QED) is 0.762. The highest BCUT2D eigenvalue weighted by molar-refractivity contribution is 5.86. The van der Waals surface area contributed by atoms with Gasteiger partial charge in [0.15, 0.2) is 0 Å². The Morgan fingerprint density at radius 2 is 2.05 bits per heavy atom. The van der Waals surface area contributed by atoms with Crippen LogP contribution in [-0.2, 0) is 0 Å². The van der Waals surface area contributed by atoms with Crippen molar-refractivity contribution in [3.05, 3.63) is 48.2 Å². The van der Waals surface area contributed by atoms with Gasteiger partial charge in [-0.05, 0) is 19.1 Å². The number of furan rings is 1. The molecule has 5 heteroatoms. The molecule has 96 valence electrons. The first-order valence-electron chi connectivity index (χ1n) is 5.72. The van der Waals surface area contributed by atoms with Gasteiger partial charge in [0.2, 0.25) is 5.88 Å². The molecule has 0 amide bonds. The maximum atomic E-state index is 13.9. The third-order valence-corrected chi connectivity index (χ3v) is 2.87. The second kappa shape index (κ2) is 4.28. The Balaban J connectivity index is 2.22. The number of halogens is 1. The number of aryl methyl sites for hydroxylation is 1. The van der Waals surface area contributed by atoms with Crippen LogP contribution in [0.25, 0.3) is 22.4 Å². The Bertz CT molecular complexity index is 731. The third-order valence-electron chi connectivity index (χ3n) is 2.87. The average molecular weight is 258 g/mol. The van der Waals surface area contributed by atoms with E-state index in [4.69, 9.17) is 14.7 Å². The summed E-state index contributed by atoms with van der Waals surface area (Å²) >= 11 is 0. The minimum Gasteiger partial charge on any atom is -0.469 e. The van der Waals surface area contributed by atoms with E-state index in [0.29, 0.717) is 22.4 Å². The number of anilines is 1. The van der Waals surface area contributed by atoms with Gasteiger partial charge < -0.3 is 14.7 Å². The normalized spacial score (nSPS) is 10.8. The smallest absolute Gasteiger partial charge is 0.230 e. The predicted octanol–water partition coefficient (Wildman–Crippen LogP) is 3.63. The molecule has 0 unspecified atom stereocenters. The lowest BCUT2D eigenvalue weighted by Crippen LogP contribution is -1.90. The van der Waals surface area contributed by atoms with Crippen molar-refractivity contribution in [2.24, 2.45) is 0 Å². The molecule has 2 heterocycles. The molecule has 19 heavy (non-hydrogen) atoms. The van der Waals surface area contributed by atoms with Crippen molar-refractivity contribution in [2.75, 3.05) is 5.73 Å². The lowest BCUT2D eigenvalue weighted by molar-refractivity contribution is 0.439. The Hall–Kier alpha value is -2.56. The molecular formula is C14H11FN2O2. The zero-order valence-corrected chi connectivity index (χ0v) is 10.2. The molecule has 0 aliphatic heterocycles. The van der Waals surface area contributed by atoms with E-state index >= 15 is 0 Å². The van der Waals surface area contributed by atoms with Crippen molar-refractivity contribution in [1.82, 2.24) is 5.16 Å². The maximum absolute atomic E-state index is 13.9. The molecule has 0 bridgehead atoms. The van der Waals surface area contributed by atoms with Crippen LogP contribution in [0.4, 0.5) is 10.3 Å². The van der Waals surface area contributed by atoms with Crippen molar-refractivity contribution in [3.63, 3.8) is 0 Å². The zero-order chi connectivity index (χ0) is 13.4. The third kappa shape index (κ3) is 1.89. The summed E-state index contributed by atoms with van der Waals surface area (Å²) in [5.41, 5.74) is 7.74. The Morgan fingerprint density at radius 3 is 2.74 bits per heavy atom. The summed E-state index contributed by atoms with van der Waals surface area (Å²) in [7, 11) is 0. The summed E-state index contributed by atoms with van der Waals surface area (Å²) in [5.74, 6) is 0.439. The summed E-state index contributed by atoms with van der Waals surface area (Å²) in [4.78, 5) is 0. The van der Waals surface area contributed by atoms with Crippen LogP contribution in [0.5, 0.6) is 0 Å². The van der Waals surface area contributed by atoms with Crippen LogP contribution in [0, 0.1) is 12.7 Å². The molecule has 0 fully saturated rings. The van der Waals surface area contributed by atoms with Crippen LogP contribution >= 0.6 is 0 Å². The van der Waals surface area contributed by atoms with Crippen LogP contribution in [-0.4, -0.2) is 5.16 Å². The zero-order valence-electron chi connectivity index (χ0n) is 10.2. The molecule has 4 nitrogen and oxygen atoms in total. The van der Waals surface area contributed by atoms with Crippen LogP contribution in [0.15, 0.2) is 45.5 Å². The average Bonchev–Trinajstić information content (AvgIpc) is 2.96. The van der Waals surface area contributed by atoms with Gasteiger partial charge in [-0.25, -0.2) is 4.39 Å². The van der Waals surface area contributed by atoms with Crippen LogP contribution in [0.1, 0.15) is 5.76 Å². The minimum absolute atomic E-state index is 0.0824. The molecule has 0 radical (unpaired) electrons. The Morgan fingerprint density at radius 1 is 1.26 bits per heavy atom. The number of rotatable bonds is 2. The van der Waals surface area contributed by atoms with Crippen molar-refractivity contribution >= 4 is 5.88 Å². The highest BCUT2D eigenvalue weighted by Gasteiger charge is 2.20. The molecule has 2 N–H and O–H groups in total. The van der Waals surface area contributed by atoms with Crippen molar-refractivity contribution < 1.29 is 13.3 Å². The van der Waals surface area contributed by atoms with Crippen molar-refractivity contribution in [1.29, 1.82) is 0 Å². The van der Waals surface area contributed by atoms with E-state index in [1.807, 2.05) is 6.92 Å². The lowest BCUT2D eigenvalue weighted by Gasteiger charge is -2.02. The Labute approximate surface area is 108 Å². The molecule has 0 saturated carbocycles. The Kier molecular flexibility index (Phi) is 2.59. The second-order valence-corrected chi connectivity index (χ2v) is 4.20. The molecule has 0 aliphatic carbocycles. The standard InChI is InChI=1S/C14H11FN2O2/c1-8-6-9(7-18-8)13-12(14(16)19-17-13)10-4-2-3-5-11(10)15/h2-7H,16H2,1H3. The fourth-order valence-electron chi connectivity index (χ4n) is 1.99. The van der Waals surface area contributed by atoms with E-state index < -0.39 is 0 Å². The highest BCUT2D eigenvalue weighted by Crippen LogP contribution is 2.37. The molecule has 1 aromatic carbocycles. The minimum atomic E-state index is -0.376. The number of nitrogen functional groups attached to an aromatic ring is 1. The van der Waals surface area contributed by atoms with Gasteiger partial charge >= 0.3 is 0 Å². The molecule has 0 atom stereocenters. The summed E-state index contributed by atoms with van der Waals surface area (Å²) in [5, 5.41) is 3.89. The lowest BCUT2D eigenvalue weighted by atomic mass is 10.0. The highest BCUT2D eigenvalue weighted by atomic mass is 19.1. The van der Waals surface area contributed by atoms with Gasteiger partial charge in [-0.3, -0.25) is 0 Å². The summed E-state index contributed by atoms with van der Waals surface area (Å²) in [6.07, 6.45) is 1.54. The van der Waals surface area contributed by atoms with Gasteiger partial charge in [0.1, 0.15) is 23.5 Å². The van der Waals surface area contributed by atoms with E-state index in [0.717, 1.165) is 5.76 Å². The van der Waals surface area contributed by atoms with Crippen molar-refractivity contribution in [2.45, 2.75) is 6.92 Å². The maximum Gasteiger partial charge on any atom is 0.230 e. The summed E-state index contributed by atoms with van der Waals surface area (Å²) in [6.45, 7) is 1.82. The van der Waals surface area contributed by atoms with Gasteiger partial charge in [-0.15, -0.1) is 0 Å². The number of hydrogen-bond donors (Lipinski definition) is 1. The predicted molar refractivity (Wildman–Crippen MR) is 68.7 cm³/mol. The SMILES string of the molecule is Cc1cc(-c2noc(N)c2-c2ccccc2F)co1. The second-order valence-electron chi connectivity index (χ2n) is 4.20. The molecule has 0 saturated heterocycles. The molecule has 2 aromatic heterocycles. The monoisotopic (exact) mass is 258 g/mol. The molecule has 3 rings (SSSR count). The van der Waals surface area contributed by atoms with Crippen LogP contribution in [0.2, 0.25) is 0 Å². The molecule has 3 aromatic rings. The summed E-state index contributed by atoms with van der Waals surface area (Å²) < 4.78 is 24.1. The number of hydrogen-bond acceptors (Lipinski definition) is 4. The first-order valence-corrected chi connectivity index (χ1v) is 5.72. The number of benzene rings is 1. The number of nitrogens with two attached hydrogens (primary N) is 1. The van der Waals surface area contributed by atoms with Gasteiger partial charge in [-0.1, -0.05) is 23.4 Å². The first-order chi connectivity index (χ1) is 9.16. The van der Waals surface area contributed by atoms with Gasteiger partial charge in [0, 0.05) is 11.1 Å². The van der Waals surface area contributed by atoms with Crippen LogP contribution in [0.3, 0.4) is 0 Å². The first kappa shape index (κ1) is 11.5. The van der Waals surface area contributed by atoms with E-state index in [1.165, 1.54) is 12.3 Å². The summed E-state index contributed by atoms with van der Waals surface area (Å²) in [6, 6.07) is 8.14. The van der Waals surface area contributed by atoms with Gasteiger partial charge in [0.25, 0.3) is 0 Å². The topological polar surface area (TPSA) is 65.2 Å². The van der Waals surface area contributed by atoms with E-state index in [-0.39, 0.29) is 11.7 Å². The van der Waals surface area contributed by atoms with Crippen LogP contribution < -0.4 is 5.73 Å². The fraction of sp³-hybridized carbons (Fsp3) is 0.0714. The molecule has 0 spiro atoms. The fourth-order valence-corrected chi connectivity index (χ4v) is 1.99. The van der Waals surface area contributed by atoms with Crippen molar-refractivity contribution in [3.8, 4) is 22.4 Å². The molecule has 0 aliphatic rings.